The number of rotatable bonds is 5. The molecule has 1 saturated carbocycles. The molecule has 0 unspecified atom stereocenters. The van der Waals surface area contributed by atoms with Crippen LogP contribution in [0.2, 0.25) is 5.02 Å². The largest absolute Gasteiger partial charge is 0.450 e. The number of nitrogens with two attached hydrogens (primary N) is 1. The zero-order valence-corrected chi connectivity index (χ0v) is 16.1. The van der Waals surface area contributed by atoms with Gasteiger partial charge in [0, 0.05) is 12.5 Å². The van der Waals surface area contributed by atoms with Crippen molar-refractivity contribution in [2.24, 2.45) is 5.73 Å². The normalized spacial score (nSPS) is 14.6. The lowest BCUT2D eigenvalue weighted by Gasteiger charge is -2.22. The summed E-state index contributed by atoms with van der Waals surface area (Å²) in [6.45, 7) is 6.41. The van der Waals surface area contributed by atoms with Crippen LogP contribution in [0.5, 0.6) is 0 Å². The smallest absolute Gasteiger partial charge is 0.404 e. The minimum Gasteiger partial charge on any atom is -0.450 e. The number of fused-ring (bicyclic) bond motifs is 1. The van der Waals surface area contributed by atoms with Crippen LogP contribution in [0.25, 0.3) is 10.9 Å². The Labute approximate surface area is 157 Å². The first-order valence-corrected chi connectivity index (χ1v) is 9.24. The number of halogens is 1. The lowest BCUT2D eigenvalue weighted by molar-refractivity contribution is 0.155. The molecule has 3 rings (SSSR count). The van der Waals surface area contributed by atoms with Gasteiger partial charge in [0.2, 0.25) is 0 Å². The van der Waals surface area contributed by atoms with Crippen molar-refractivity contribution in [3.63, 3.8) is 0 Å². The second-order valence-electron chi connectivity index (χ2n) is 7.78. The lowest BCUT2D eigenvalue weighted by Crippen LogP contribution is -2.26. The summed E-state index contributed by atoms with van der Waals surface area (Å²) >= 11 is 6.62. The van der Waals surface area contributed by atoms with Gasteiger partial charge in [0.1, 0.15) is 5.82 Å². The first-order chi connectivity index (χ1) is 12.2. The van der Waals surface area contributed by atoms with Crippen LogP contribution in [-0.4, -0.2) is 22.3 Å². The van der Waals surface area contributed by atoms with Crippen LogP contribution in [0.15, 0.2) is 16.9 Å². The van der Waals surface area contributed by atoms with Crippen LogP contribution < -0.4 is 11.3 Å². The minimum atomic E-state index is -0.794. The Balaban J connectivity index is 2.06. The van der Waals surface area contributed by atoms with Crippen molar-refractivity contribution in [1.29, 1.82) is 0 Å². The van der Waals surface area contributed by atoms with Crippen molar-refractivity contribution in [1.82, 2.24) is 9.55 Å². The Morgan fingerprint density at radius 3 is 2.65 bits per heavy atom. The molecule has 1 aromatic carbocycles. The van der Waals surface area contributed by atoms with E-state index in [1.54, 1.807) is 4.57 Å². The third-order valence-electron chi connectivity index (χ3n) is 4.59. The van der Waals surface area contributed by atoms with E-state index < -0.39 is 6.09 Å². The summed E-state index contributed by atoms with van der Waals surface area (Å²) < 4.78 is 6.54. The Morgan fingerprint density at radius 2 is 2.08 bits per heavy atom. The molecule has 1 fully saturated rings. The van der Waals surface area contributed by atoms with Crippen molar-refractivity contribution < 1.29 is 9.53 Å². The maximum absolute atomic E-state index is 13.2. The van der Waals surface area contributed by atoms with Gasteiger partial charge in [0.15, 0.2) is 0 Å². The van der Waals surface area contributed by atoms with E-state index in [0.717, 1.165) is 18.4 Å². The zero-order valence-electron chi connectivity index (χ0n) is 15.3. The first-order valence-electron chi connectivity index (χ1n) is 8.86. The molecular weight excluding hydrogens is 354 g/mol. The van der Waals surface area contributed by atoms with Gasteiger partial charge in [-0.1, -0.05) is 38.4 Å². The minimum absolute atomic E-state index is 0.0839. The summed E-state index contributed by atoms with van der Waals surface area (Å²) in [7, 11) is 0. The van der Waals surface area contributed by atoms with E-state index in [9.17, 15) is 9.59 Å². The summed E-state index contributed by atoms with van der Waals surface area (Å²) in [5.41, 5.74) is 6.28. The molecule has 0 bridgehead atoms. The van der Waals surface area contributed by atoms with Crippen LogP contribution in [0.4, 0.5) is 4.79 Å². The predicted octanol–water partition coefficient (Wildman–Crippen LogP) is 3.71. The number of hydrogen-bond donors (Lipinski definition) is 1. The molecule has 140 valence electrons. The number of primary amides is 1. The van der Waals surface area contributed by atoms with Crippen LogP contribution in [0.1, 0.15) is 57.5 Å². The average molecular weight is 378 g/mol. The maximum Gasteiger partial charge on any atom is 0.404 e. The van der Waals surface area contributed by atoms with Crippen molar-refractivity contribution in [3.8, 4) is 0 Å². The van der Waals surface area contributed by atoms with Crippen molar-refractivity contribution in [3.05, 3.63) is 38.9 Å². The standard InChI is InChI=1S/C19H24ClN3O3/c1-19(2,3)12-8-9-13-15(16(12)20)17(24)23(11-6-7-11)14(22-13)5-4-10-26-18(21)25/h8-9,11H,4-7,10H2,1-3H3,(H2,21,25). The Morgan fingerprint density at radius 1 is 1.38 bits per heavy atom. The summed E-state index contributed by atoms with van der Waals surface area (Å²) in [4.78, 5) is 28.6. The van der Waals surface area contributed by atoms with Gasteiger partial charge in [-0.25, -0.2) is 9.78 Å². The van der Waals surface area contributed by atoms with Gasteiger partial charge >= 0.3 is 6.09 Å². The summed E-state index contributed by atoms with van der Waals surface area (Å²) in [5, 5.41) is 0.980. The predicted molar refractivity (Wildman–Crippen MR) is 102 cm³/mol. The van der Waals surface area contributed by atoms with Crippen LogP contribution >= 0.6 is 11.6 Å². The first kappa shape index (κ1) is 18.7. The number of ether oxygens (including phenoxy) is 1. The van der Waals surface area contributed by atoms with Gasteiger partial charge in [-0.15, -0.1) is 0 Å². The number of amides is 1. The van der Waals surface area contributed by atoms with Crippen LogP contribution in [0.3, 0.4) is 0 Å². The van der Waals surface area contributed by atoms with E-state index in [0.29, 0.717) is 34.6 Å². The average Bonchev–Trinajstić information content (AvgIpc) is 3.34. The lowest BCUT2D eigenvalue weighted by atomic mass is 9.86. The molecule has 6 nitrogen and oxygen atoms in total. The molecule has 26 heavy (non-hydrogen) atoms. The molecule has 1 heterocycles. The van der Waals surface area contributed by atoms with Crippen LogP contribution in [0, 0.1) is 0 Å². The molecule has 0 spiro atoms. The second-order valence-corrected chi connectivity index (χ2v) is 8.15. The molecule has 0 radical (unpaired) electrons. The number of nitrogens with zero attached hydrogens (tertiary/aromatic N) is 2. The van der Waals surface area contributed by atoms with Gasteiger partial charge in [0.05, 0.1) is 22.5 Å². The molecule has 0 atom stereocenters. The topological polar surface area (TPSA) is 87.2 Å². The quantitative estimate of drug-likeness (QED) is 0.804. The van der Waals surface area contributed by atoms with E-state index in [2.05, 4.69) is 20.8 Å². The van der Waals surface area contributed by atoms with Gasteiger partial charge in [-0.3, -0.25) is 9.36 Å². The van der Waals surface area contributed by atoms with Crippen molar-refractivity contribution >= 4 is 28.6 Å². The molecule has 1 aliphatic carbocycles. The molecule has 0 aliphatic heterocycles. The monoisotopic (exact) mass is 377 g/mol. The molecule has 7 heteroatoms. The fourth-order valence-corrected chi connectivity index (χ4v) is 3.69. The van der Waals surface area contributed by atoms with Gasteiger partial charge in [0.25, 0.3) is 5.56 Å². The summed E-state index contributed by atoms with van der Waals surface area (Å²) in [5.74, 6) is 0.706. The van der Waals surface area contributed by atoms with Gasteiger partial charge < -0.3 is 10.5 Å². The highest BCUT2D eigenvalue weighted by Gasteiger charge is 2.29. The number of carbonyl (C=O) groups excluding carboxylic acids is 1. The fourth-order valence-electron chi connectivity index (χ4n) is 3.16. The number of aromatic nitrogens is 2. The van der Waals surface area contributed by atoms with E-state index in [4.69, 9.17) is 27.1 Å². The van der Waals surface area contributed by atoms with Crippen LogP contribution in [-0.2, 0) is 16.6 Å². The van der Waals surface area contributed by atoms with Gasteiger partial charge in [-0.05, 0) is 36.3 Å². The maximum atomic E-state index is 13.2. The van der Waals surface area contributed by atoms with E-state index in [1.807, 2.05) is 12.1 Å². The molecule has 1 aliphatic rings. The highest BCUT2D eigenvalue weighted by atomic mass is 35.5. The highest BCUT2D eigenvalue weighted by molar-refractivity contribution is 6.36. The zero-order chi connectivity index (χ0) is 19.1. The number of carbonyl (C=O) groups is 1. The van der Waals surface area contributed by atoms with E-state index in [-0.39, 0.29) is 23.6 Å². The molecule has 2 N–H and O–H groups in total. The second kappa shape index (κ2) is 6.91. The number of aryl methyl sites for hydroxylation is 1. The molecule has 1 aromatic heterocycles. The third-order valence-corrected chi connectivity index (χ3v) is 4.98. The molecule has 0 saturated heterocycles. The molecule has 1 amide bonds. The summed E-state index contributed by atoms with van der Waals surface area (Å²) in [6.07, 6.45) is 2.23. The third kappa shape index (κ3) is 3.70. The van der Waals surface area contributed by atoms with E-state index >= 15 is 0 Å². The van der Waals surface area contributed by atoms with E-state index in [1.165, 1.54) is 0 Å². The van der Waals surface area contributed by atoms with Crippen molar-refractivity contribution in [2.45, 2.75) is 57.9 Å². The molecule has 2 aromatic rings. The number of benzene rings is 1. The Bertz CT molecular complexity index is 911. The fraction of sp³-hybridized carbons (Fsp3) is 0.526. The Hall–Kier alpha value is -2.08. The highest BCUT2D eigenvalue weighted by Crippen LogP contribution is 2.37. The summed E-state index contributed by atoms with van der Waals surface area (Å²) in [6, 6.07) is 3.99. The number of hydrogen-bond acceptors (Lipinski definition) is 4. The Kier molecular flexibility index (Phi) is 4.97. The molecular formula is C19H24ClN3O3. The SMILES string of the molecule is CC(C)(C)c1ccc2nc(CCCOC(N)=O)n(C3CC3)c(=O)c2c1Cl. The van der Waals surface area contributed by atoms with Crippen molar-refractivity contribution in [2.75, 3.05) is 6.61 Å². The van der Waals surface area contributed by atoms with Gasteiger partial charge in [-0.2, -0.15) is 0 Å².